The summed E-state index contributed by atoms with van der Waals surface area (Å²) in [5.41, 5.74) is 5.67. The SMILES string of the molecule is C=C1Cc2ccc(C)cc2C1.C=CC=C.CC. The lowest BCUT2D eigenvalue weighted by molar-refractivity contribution is 1.18. The molecule has 0 unspecified atom stereocenters. The Morgan fingerprint density at radius 1 is 1.00 bits per heavy atom. The Kier molecular flexibility index (Phi) is 7.79. The van der Waals surface area contributed by atoms with Crippen molar-refractivity contribution in [1.29, 1.82) is 0 Å². The molecule has 0 saturated carbocycles. The summed E-state index contributed by atoms with van der Waals surface area (Å²) in [4.78, 5) is 0. The van der Waals surface area contributed by atoms with Crippen LogP contribution in [0.2, 0.25) is 0 Å². The minimum absolute atomic E-state index is 1.09. The van der Waals surface area contributed by atoms with E-state index < -0.39 is 0 Å². The molecule has 0 aliphatic heterocycles. The molecule has 1 aliphatic carbocycles. The lowest BCUT2D eigenvalue weighted by Crippen LogP contribution is -1.81. The summed E-state index contributed by atoms with van der Waals surface area (Å²) in [7, 11) is 0. The quantitative estimate of drug-likeness (QED) is 0.467. The van der Waals surface area contributed by atoms with Crippen molar-refractivity contribution in [2.75, 3.05) is 0 Å². The van der Waals surface area contributed by atoms with Crippen LogP contribution in [-0.2, 0) is 12.8 Å². The van der Waals surface area contributed by atoms with Crippen LogP contribution >= 0.6 is 0 Å². The van der Waals surface area contributed by atoms with E-state index in [9.17, 15) is 0 Å². The van der Waals surface area contributed by atoms with E-state index in [1.165, 1.54) is 22.3 Å². The van der Waals surface area contributed by atoms with E-state index in [1.807, 2.05) is 13.8 Å². The molecule has 0 radical (unpaired) electrons. The van der Waals surface area contributed by atoms with Crippen molar-refractivity contribution in [3.63, 3.8) is 0 Å². The molecule has 0 heteroatoms. The highest BCUT2D eigenvalue weighted by atomic mass is 14.2. The Morgan fingerprint density at radius 2 is 1.53 bits per heavy atom. The molecule has 1 aromatic carbocycles. The van der Waals surface area contributed by atoms with Crippen molar-refractivity contribution in [1.82, 2.24) is 0 Å². The average Bonchev–Trinajstić information content (AvgIpc) is 2.71. The number of benzene rings is 1. The summed E-state index contributed by atoms with van der Waals surface area (Å²) in [5.74, 6) is 0. The predicted molar refractivity (Wildman–Crippen MR) is 79.5 cm³/mol. The normalized spacial score (nSPS) is 11.4. The number of hydrogen-bond donors (Lipinski definition) is 0. The number of rotatable bonds is 1. The second-order valence-corrected chi connectivity index (χ2v) is 3.85. The summed E-state index contributed by atoms with van der Waals surface area (Å²) in [6.45, 7) is 16.9. The standard InChI is InChI=1S/C11H12.C4H6.C2H6/c1-8-3-4-10-6-9(2)7-11(10)5-8;1-3-4-2;1-2/h3-5H,2,6-7H2,1H3;3-4H,1-2H2;1-2H3. The summed E-state index contributed by atoms with van der Waals surface area (Å²) in [5, 5.41) is 0. The second kappa shape index (κ2) is 8.58. The highest BCUT2D eigenvalue weighted by molar-refractivity contribution is 5.41. The van der Waals surface area contributed by atoms with Crippen LogP contribution in [0.4, 0.5) is 0 Å². The monoisotopic (exact) mass is 228 g/mol. The first-order valence-corrected chi connectivity index (χ1v) is 6.16. The molecule has 2 rings (SSSR count). The van der Waals surface area contributed by atoms with Crippen molar-refractivity contribution < 1.29 is 0 Å². The smallest absolute Gasteiger partial charge is 0.00635 e. The maximum absolute atomic E-state index is 4.00. The zero-order chi connectivity index (χ0) is 13.3. The summed E-state index contributed by atoms with van der Waals surface area (Å²) < 4.78 is 0. The summed E-state index contributed by atoms with van der Waals surface area (Å²) in [6, 6.07) is 6.67. The predicted octanol–water partition coefficient (Wildman–Crippen LogP) is 5.03. The van der Waals surface area contributed by atoms with Gasteiger partial charge in [-0.05, 0) is 30.9 Å². The van der Waals surface area contributed by atoms with E-state index in [-0.39, 0.29) is 0 Å². The molecule has 1 aromatic rings. The van der Waals surface area contributed by atoms with Gasteiger partial charge in [-0.1, -0.05) is 75.1 Å². The van der Waals surface area contributed by atoms with Crippen LogP contribution in [-0.4, -0.2) is 0 Å². The molecule has 0 fully saturated rings. The Hall–Kier alpha value is -1.56. The molecule has 0 N–H and O–H groups in total. The maximum Gasteiger partial charge on any atom is -0.00635 e. The van der Waals surface area contributed by atoms with Crippen molar-refractivity contribution in [2.24, 2.45) is 0 Å². The average molecular weight is 228 g/mol. The van der Waals surface area contributed by atoms with E-state index in [4.69, 9.17) is 0 Å². The van der Waals surface area contributed by atoms with Crippen LogP contribution in [0.1, 0.15) is 30.5 Å². The zero-order valence-electron chi connectivity index (χ0n) is 11.4. The van der Waals surface area contributed by atoms with Crippen LogP contribution in [0.3, 0.4) is 0 Å². The van der Waals surface area contributed by atoms with Crippen LogP contribution in [0.5, 0.6) is 0 Å². The molecule has 0 bridgehead atoms. The van der Waals surface area contributed by atoms with Crippen molar-refractivity contribution in [3.8, 4) is 0 Å². The van der Waals surface area contributed by atoms with Crippen LogP contribution in [0.15, 0.2) is 55.7 Å². The van der Waals surface area contributed by atoms with Gasteiger partial charge in [-0.2, -0.15) is 0 Å². The molecule has 0 amide bonds. The highest BCUT2D eigenvalue weighted by Gasteiger charge is 2.12. The number of hydrogen-bond acceptors (Lipinski definition) is 0. The molecule has 92 valence electrons. The van der Waals surface area contributed by atoms with Crippen LogP contribution in [0.25, 0.3) is 0 Å². The molecule has 0 saturated heterocycles. The van der Waals surface area contributed by atoms with Gasteiger partial charge in [-0.25, -0.2) is 0 Å². The number of aryl methyl sites for hydroxylation is 1. The van der Waals surface area contributed by atoms with E-state index >= 15 is 0 Å². The van der Waals surface area contributed by atoms with Crippen molar-refractivity contribution in [2.45, 2.75) is 33.6 Å². The molecule has 0 spiro atoms. The van der Waals surface area contributed by atoms with E-state index in [0.717, 1.165) is 12.8 Å². The highest BCUT2D eigenvalue weighted by Crippen LogP contribution is 2.25. The Morgan fingerprint density at radius 3 is 2.06 bits per heavy atom. The van der Waals surface area contributed by atoms with Gasteiger partial charge >= 0.3 is 0 Å². The van der Waals surface area contributed by atoms with Crippen LogP contribution < -0.4 is 0 Å². The minimum atomic E-state index is 1.09. The molecule has 17 heavy (non-hydrogen) atoms. The fourth-order valence-corrected chi connectivity index (χ4v) is 1.69. The summed E-state index contributed by atoms with van der Waals surface area (Å²) in [6.07, 6.45) is 5.46. The third-order valence-corrected chi connectivity index (χ3v) is 2.41. The second-order valence-electron chi connectivity index (χ2n) is 3.85. The molecular weight excluding hydrogens is 204 g/mol. The first-order valence-electron chi connectivity index (χ1n) is 6.16. The minimum Gasteiger partial charge on any atom is -0.0992 e. The Balaban J connectivity index is 0.000000368. The fraction of sp³-hybridized carbons (Fsp3) is 0.294. The molecule has 0 nitrogen and oxygen atoms in total. The van der Waals surface area contributed by atoms with E-state index in [0.29, 0.717) is 0 Å². The third-order valence-electron chi connectivity index (χ3n) is 2.41. The first-order chi connectivity index (χ1) is 8.17. The third kappa shape index (κ3) is 5.35. The fourth-order valence-electron chi connectivity index (χ4n) is 1.69. The van der Waals surface area contributed by atoms with Gasteiger partial charge in [-0.15, -0.1) is 0 Å². The molecule has 1 aliphatic rings. The van der Waals surface area contributed by atoms with Gasteiger partial charge in [0.15, 0.2) is 0 Å². The van der Waals surface area contributed by atoms with Gasteiger partial charge in [0.2, 0.25) is 0 Å². The topological polar surface area (TPSA) is 0 Å². The van der Waals surface area contributed by atoms with Gasteiger partial charge < -0.3 is 0 Å². The van der Waals surface area contributed by atoms with Gasteiger partial charge in [0.05, 0.1) is 0 Å². The largest absolute Gasteiger partial charge is 0.0992 e. The molecular formula is C17H24. The Labute approximate surface area is 106 Å². The number of allylic oxidation sites excluding steroid dienone is 3. The Bertz CT molecular complexity index is 377. The maximum atomic E-state index is 4.00. The zero-order valence-corrected chi connectivity index (χ0v) is 11.4. The van der Waals surface area contributed by atoms with Gasteiger partial charge in [0.25, 0.3) is 0 Å². The summed E-state index contributed by atoms with van der Waals surface area (Å²) >= 11 is 0. The lowest BCUT2D eigenvalue weighted by atomic mass is 10.1. The molecule has 0 heterocycles. The van der Waals surface area contributed by atoms with Gasteiger partial charge in [0, 0.05) is 0 Å². The lowest BCUT2D eigenvalue weighted by Gasteiger charge is -1.97. The van der Waals surface area contributed by atoms with Gasteiger partial charge in [0.1, 0.15) is 0 Å². The molecule has 0 atom stereocenters. The van der Waals surface area contributed by atoms with Gasteiger partial charge in [-0.3, -0.25) is 0 Å². The number of fused-ring (bicyclic) bond motifs is 1. The van der Waals surface area contributed by atoms with E-state index in [2.05, 4.69) is 44.9 Å². The molecule has 0 aromatic heterocycles. The van der Waals surface area contributed by atoms with E-state index in [1.54, 1.807) is 12.2 Å². The van der Waals surface area contributed by atoms with Crippen molar-refractivity contribution >= 4 is 0 Å². The first kappa shape index (κ1) is 15.4. The van der Waals surface area contributed by atoms with Crippen LogP contribution in [0, 0.1) is 6.92 Å². The van der Waals surface area contributed by atoms with Crippen molar-refractivity contribution in [3.05, 3.63) is 72.4 Å².